The van der Waals surface area contributed by atoms with Gasteiger partial charge in [-0.2, -0.15) is 0 Å². The van der Waals surface area contributed by atoms with E-state index in [9.17, 15) is 4.79 Å². The molecule has 2 saturated carbocycles. The summed E-state index contributed by atoms with van der Waals surface area (Å²) in [6.07, 6.45) is 9.22. The van der Waals surface area contributed by atoms with Crippen molar-refractivity contribution in [1.82, 2.24) is 4.90 Å². The molecule has 3 fully saturated rings. The summed E-state index contributed by atoms with van der Waals surface area (Å²) in [7, 11) is 0. The minimum absolute atomic E-state index is 0.132. The van der Waals surface area contributed by atoms with Crippen molar-refractivity contribution in [2.45, 2.75) is 51.0 Å². The Balaban J connectivity index is 1.34. The first-order valence-electron chi connectivity index (χ1n) is 9.99. The second-order valence-corrected chi connectivity index (χ2v) is 8.29. The smallest absolute Gasteiger partial charge is 0.258 e. The molecule has 0 radical (unpaired) electrons. The van der Waals surface area contributed by atoms with Crippen molar-refractivity contribution in [3.63, 3.8) is 0 Å². The molecule has 0 spiro atoms. The molecule has 25 heavy (non-hydrogen) atoms. The summed E-state index contributed by atoms with van der Waals surface area (Å²) in [6, 6.07) is 6.10. The number of carbonyl (C=O) groups excluding carboxylic acids is 1. The van der Waals surface area contributed by atoms with Crippen molar-refractivity contribution in [3.05, 3.63) is 23.8 Å². The molecule has 0 aromatic heterocycles. The van der Waals surface area contributed by atoms with Gasteiger partial charge in [0.05, 0.1) is 5.56 Å². The minimum atomic E-state index is 0.132. The quantitative estimate of drug-likeness (QED) is 0.837. The van der Waals surface area contributed by atoms with Crippen LogP contribution in [0.4, 0.5) is 0 Å². The molecule has 4 atom stereocenters. The van der Waals surface area contributed by atoms with Crippen molar-refractivity contribution in [3.8, 4) is 11.5 Å². The number of ether oxygens (including phenoxy) is 2. The predicted molar refractivity (Wildman–Crippen MR) is 95.0 cm³/mol. The fraction of sp³-hybridized carbons (Fsp3) is 0.667. The Morgan fingerprint density at radius 3 is 2.88 bits per heavy atom. The SMILES string of the molecule is O=C(c1cccc2c1OCCO2)N1CCCC1CC1CC2CCC1C2. The van der Waals surface area contributed by atoms with Crippen LogP contribution in [0.3, 0.4) is 0 Å². The highest BCUT2D eigenvalue weighted by atomic mass is 16.6. The van der Waals surface area contributed by atoms with Gasteiger partial charge < -0.3 is 14.4 Å². The number of hydrogen-bond donors (Lipinski definition) is 0. The molecule has 4 unspecified atom stereocenters. The van der Waals surface area contributed by atoms with E-state index in [1.54, 1.807) is 0 Å². The van der Waals surface area contributed by atoms with Crippen LogP contribution in [0.2, 0.25) is 0 Å². The summed E-state index contributed by atoms with van der Waals surface area (Å²) in [5.74, 6) is 4.25. The van der Waals surface area contributed by atoms with Crippen LogP contribution < -0.4 is 9.47 Å². The van der Waals surface area contributed by atoms with E-state index in [1.807, 2.05) is 18.2 Å². The van der Waals surface area contributed by atoms with Crippen LogP contribution in [0.25, 0.3) is 0 Å². The van der Waals surface area contributed by atoms with Gasteiger partial charge >= 0.3 is 0 Å². The first-order chi connectivity index (χ1) is 12.3. The number of benzene rings is 1. The van der Waals surface area contributed by atoms with Gasteiger partial charge in [-0.05, 0) is 68.4 Å². The predicted octanol–water partition coefficient (Wildman–Crippen LogP) is 3.89. The molecule has 134 valence electrons. The van der Waals surface area contributed by atoms with Crippen LogP contribution in [0.1, 0.15) is 55.3 Å². The van der Waals surface area contributed by atoms with E-state index in [1.165, 1.54) is 32.1 Å². The molecule has 4 nitrogen and oxygen atoms in total. The van der Waals surface area contributed by atoms with Gasteiger partial charge in [-0.1, -0.05) is 12.5 Å². The highest BCUT2D eigenvalue weighted by molar-refractivity contribution is 5.98. The number of hydrogen-bond acceptors (Lipinski definition) is 3. The normalized spacial score (nSPS) is 33.0. The van der Waals surface area contributed by atoms with Crippen LogP contribution in [-0.2, 0) is 0 Å². The number of fused-ring (bicyclic) bond motifs is 3. The van der Waals surface area contributed by atoms with Crippen LogP contribution >= 0.6 is 0 Å². The monoisotopic (exact) mass is 341 g/mol. The van der Waals surface area contributed by atoms with Gasteiger partial charge in [0.1, 0.15) is 13.2 Å². The van der Waals surface area contributed by atoms with Gasteiger partial charge in [-0.15, -0.1) is 0 Å². The summed E-state index contributed by atoms with van der Waals surface area (Å²) >= 11 is 0. The molecule has 0 N–H and O–H groups in total. The third-order valence-corrected chi connectivity index (χ3v) is 6.89. The largest absolute Gasteiger partial charge is 0.486 e. The summed E-state index contributed by atoms with van der Waals surface area (Å²) in [6.45, 7) is 1.96. The number of likely N-dealkylation sites (tertiary alicyclic amines) is 1. The Kier molecular flexibility index (Phi) is 3.87. The molecule has 5 rings (SSSR count). The first-order valence-corrected chi connectivity index (χ1v) is 9.99. The van der Waals surface area contributed by atoms with E-state index in [0.29, 0.717) is 36.3 Å². The molecule has 2 aliphatic carbocycles. The molecule has 1 amide bonds. The van der Waals surface area contributed by atoms with E-state index in [4.69, 9.17) is 9.47 Å². The summed E-state index contributed by atoms with van der Waals surface area (Å²) in [5, 5.41) is 0. The molecule has 1 saturated heterocycles. The zero-order valence-electron chi connectivity index (χ0n) is 14.8. The molecule has 4 heteroatoms. The Bertz CT molecular complexity index is 673. The minimum Gasteiger partial charge on any atom is -0.486 e. The highest BCUT2D eigenvalue weighted by Gasteiger charge is 2.42. The topological polar surface area (TPSA) is 38.8 Å². The summed E-state index contributed by atoms with van der Waals surface area (Å²) < 4.78 is 11.4. The van der Waals surface area contributed by atoms with E-state index < -0.39 is 0 Å². The second kappa shape index (κ2) is 6.22. The molecule has 1 aromatic rings. The standard InChI is InChI=1S/C21H27NO3/c23-21(18-4-1-5-19-20(18)25-10-9-24-19)22-8-2-3-17(22)13-16-12-14-6-7-15(16)11-14/h1,4-5,14-17H,2-3,6-13H2. The van der Waals surface area contributed by atoms with E-state index in [-0.39, 0.29) is 5.91 Å². The highest BCUT2D eigenvalue weighted by Crippen LogP contribution is 2.50. The van der Waals surface area contributed by atoms with Gasteiger partial charge in [0.25, 0.3) is 5.91 Å². The lowest BCUT2D eigenvalue weighted by molar-refractivity contribution is 0.0697. The van der Waals surface area contributed by atoms with Crippen LogP contribution in [0.15, 0.2) is 18.2 Å². The van der Waals surface area contributed by atoms with Crippen LogP contribution in [0, 0.1) is 17.8 Å². The number of carbonyl (C=O) groups is 1. The Labute approximate surface area is 149 Å². The van der Waals surface area contributed by atoms with Gasteiger partial charge in [0.2, 0.25) is 0 Å². The maximum Gasteiger partial charge on any atom is 0.258 e. The van der Waals surface area contributed by atoms with Crippen molar-refractivity contribution in [2.24, 2.45) is 17.8 Å². The molecular weight excluding hydrogens is 314 g/mol. The van der Waals surface area contributed by atoms with Crippen molar-refractivity contribution >= 4 is 5.91 Å². The Morgan fingerprint density at radius 1 is 1.12 bits per heavy atom. The number of amides is 1. The second-order valence-electron chi connectivity index (χ2n) is 8.29. The van der Waals surface area contributed by atoms with Gasteiger partial charge in [-0.25, -0.2) is 0 Å². The van der Waals surface area contributed by atoms with Crippen LogP contribution in [-0.4, -0.2) is 36.6 Å². The fourth-order valence-corrected chi connectivity index (χ4v) is 5.76. The zero-order chi connectivity index (χ0) is 16.8. The van der Waals surface area contributed by atoms with E-state index in [0.717, 1.165) is 37.1 Å². The summed E-state index contributed by atoms with van der Waals surface area (Å²) in [4.78, 5) is 15.4. The van der Waals surface area contributed by atoms with Crippen molar-refractivity contribution < 1.29 is 14.3 Å². The Morgan fingerprint density at radius 2 is 2.04 bits per heavy atom. The molecule has 2 heterocycles. The van der Waals surface area contributed by atoms with Gasteiger partial charge in [0.15, 0.2) is 11.5 Å². The lowest BCUT2D eigenvalue weighted by Gasteiger charge is -2.31. The maximum atomic E-state index is 13.3. The molecule has 1 aromatic carbocycles. The van der Waals surface area contributed by atoms with E-state index in [2.05, 4.69) is 4.90 Å². The average Bonchev–Trinajstić information content (AvgIpc) is 3.38. The third kappa shape index (κ3) is 2.70. The maximum absolute atomic E-state index is 13.3. The Hall–Kier alpha value is -1.71. The fourth-order valence-electron chi connectivity index (χ4n) is 5.76. The zero-order valence-corrected chi connectivity index (χ0v) is 14.8. The molecular formula is C21H27NO3. The first kappa shape index (κ1) is 15.5. The summed E-state index contributed by atoms with van der Waals surface area (Å²) in [5.41, 5.74) is 0.678. The third-order valence-electron chi connectivity index (χ3n) is 6.89. The lowest BCUT2D eigenvalue weighted by atomic mass is 9.83. The average molecular weight is 341 g/mol. The van der Waals surface area contributed by atoms with E-state index >= 15 is 0 Å². The number of para-hydroxylation sites is 1. The molecule has 4 aliphatic rings. The van der Waals surface area contributed by atoms with Crippen LogP contribution in [0.5, 0.6) is 11.5 Å². The number of nitrogens with zero attached hydrogens (tertiary/aromatic N) is 1. The van der Waals surface area contributed by atoms with Gasteiger partial charge in [0, 0.05) is 12.6 Å². The van der Waals surface area contributed by atoms with Crippen molar-refractivity contribution in [1.29, 1.82) is 0 Å². The van der Waals surface area contributed by atoms with Gasteiger partial charge in [-0.3, -0.25) is 4.79 Å². The lowest BCUT2D eigenvalue weighted by Crippen LogP contribution is -2.37. The van der Waals surface area contributed by atoms with Crippen molar-refractivity contribution in [2.75, 3.05) is 19.8 Å². The number of rotatable bonds is 3. The molecule has 2 aliphatic heterocycles. The molecule has 2 bridgehead atoms.